The molecule has 21 heavy (non-hydrogen) atoms. The lowest BCUT2D eigenvalue weighted by Gasteiger charge is -2.33. The van der Waals surface area contributed by atoms with E-state index in [4.69, 9.17) is 11.6 Å². The van der Waals surface area contributed by atoms with Crippen LogP contribution in [0.4, 0.5) is 0 Å². The van der Waals surface area contributed by atoms with E-state index in [0.29, 0.717) is 31.1 Å². The molecule has 0 unspecified atom stereocenters. The zero-order chi connectivity index (χ0) is 15.5. The number of benzene rings is 1. The minimum atomic E-state index is -3.48. The Labute approximate surface area is 130 Å². The molecule has 0 N–H and O–H groups in total. The molecule has 1 saturated heterocycles. The zero-order valence-electron chi connectivity index (χ0n) is 12.0. The Balaban J connectivity index is 2.09. The van der Waals surface area contributed by atoms with Crippen LogP contribution in [0.15, 0.2) is 29.2 Å². The maximum atomic E-state index is 12.5. The topological polar surface area (TPSA) is 57.7 Å². The summed E-state index contributed by atoms with van der Waals surface area (Å²) in [6, 6.07) is 6.95. The molecule has 1 aliphatic heterocycles. The fraction of sp³-hybridized carbons (Fsp3) is 0.500. The summed E-state index contributed by atoms with van der Waals surface area (Å²) >= 11 is 5.51. The minimum absolute atomic E-state index is 0.0643. The maximum absolute atomic E-state index is 12.5. The standard InChI is InChI=1S/C14H19ClN2O3S/c1-2-12-3-5-13(6-4-12)21(19,20)17-9-7-16(8-10-17)14(18)11-15/h3-6H,2,7-11H2,1H3. The number of carbonyl (C=O) groups excluding carboxylic acids is 1. The van der Waals surface area contributed by atoms with Crippen molar-refractivity contribution in [2.45, 2.75) is 18.2 Å². The molecule has 0 aliphatic carbocycles. The van der Waals surface area contributed by atoms with Crippen LogP contribution in [-0.4, -0.2) is 55.6 Å². The normalized spacial score (nSPS) is 17.0. The molecule has 5 nitrogen and oxygen atoms in total. The van der Waals surface area contributed by atoms with E-state index < -0.39 is 10.0 Å². The summed E-state index contributed by atoms with van der Waals surface area (Å²) in [5, 5.41) is 0. The number of hydrogen-bond acceptors (Lipinski definition) is 3. The summed E-state index contributed by atoms with van der Waals surface area (Å²) in [4.78, 5) is 13.4. The van der Waals surface area contributed by atoms with Crippen LogP contribution in [0.3, 0.4) is 0 Å². The Morgan fingerprint density at radius 2 is 1.71 bits per heavy atom. The summed E-state index contributed by atoms with van der Waals surface area (Å²) in [6.45, 7) is 3.41. The first-order valence-electron chi connectivity index (χ1n) is 6.92. The van der Waals surface area contributed by atoms with E-state index in [1.165, 1.54) is 4.31 Å². The van der Waals surface area contributed by atoms with Crippen LogP contribution in [0.1, 0.15) is 12.5 Å². The Morgan fingerprint density at radius 3 is 2.19 bits per heavy atom. The second-order valence-electron chi connectivity index (χ2n) is 4.92. The van der Waals surface area contributed by atoms with Gasteiger partial charge in [0.1, 0.15) is 5.88 Å². The molecule has 0 saturated carbocycles. The van der Waals surface area contributed by atoms with E-state index >= 15 is 0 Å². The summed E-state index contributed by atoms with van der Waals surface area (Å²) in [7, 11) is -3.48. The zero-order valence-corrected chi connectivity index (χ0v) is 13.5. The number of carbonyl (C=O) groups is 1. The Kier molecular flexibility index (Phi) is 5.24. The highest BCUT2D eigenvalue weighted by Crippen LogP contribution is 2.18. The number of rotatable bonds is 4. The largest absolute Gasteiger partial charge is 0.339 e. The predicted octanol–water partition coefficient (Wildman–Crippen LogP) is 1.32. The van der Waals surface area contributed by atoms with Gasteiger partial charge >= 0.3 is 0 Å². The van der Waals surface area contributed by atoms with Crippen LogP contribution in [0.25, 0.3) is 0 Å². The van der Waals surface area contributed by atoms with E-state index in [9.17, 15) is 13.2 Å². The van der Waals surface area contributed by atoms with Crippen molar-refractivity contribution >= 4 is 27.5 Å². The van der Waals surface area contributed by atoms with Gasteiger partial charge in [-0.2, -0.15) is 4.31 Å². The number of halogens is 1. The van der Waals surface area contributed by atoms with Crippen molar-refractivity contribution in [2.24, 2.45) is 0 Å². The van der Waals surface area contributed by atoms with Crippen LogP contribution in [0.5, 0.6) is 0 Å². The van der Waals surface area contributed by atoms with Crippen LogP contribution >= 0.6 is 11.6 Å². The monoisotopic (exact) mass is 330 g/mol. The minimum Gasteiger partial charge on any atom is -0.339 e. The number of hydrogen-bond donors (Lipinski definition) is 0. The van der Waals surface area contributed by atoms with E-state index in [2.05, 4.69) is 0 Å². The van der Waals surface area contributed by atoms with Crippen molar-refractivity contribution in [3.63, 3.8) is 0 Å². The molecule has 0 spiro atoms. The van der Waals surface area contributed by atoms with E-state index in [-0.39, 0.29) is 11.8 Å². The molecule has 1 aromatic carbocycles. The van der Waals surface area contributed by atoms with Gasteiger partial charge in [-0.25, -0.2) is 8.42 Å². The van der Waals surface area contributed by atoms with Gasteiger partial charge in [0, 0.05) is 26.2 Å². The first-order chi connectivity index (χ1) is 9.98. The quantitative estimate of drug-likeness (QED) is 0.782. The average Bonchev–Trinajstić information content (AvgIpc) is 2.54. The number of nitrogens with zero attached hydrogens (tertiary/aromatic N) is 2. The SMILES string of the molecule is CCc1ccc(S(=O)(=O)N2CCN(C(=O)CCl)CC2)cc1. The predicted molar refractivity (Wildman–Crippen MR) is 81.9 cm³/mol. The molecule has 0 aromatic heterocycles. The van der Waals surface area contributed by atoms with Gasteiger partial charge in [-0.15, -0.1) is 11.6 Å². The van der Waals surface area contributed by atoms with Gasteiger partial charge in [0.25, 0.3) is 0 Å². The van der Waals surface area contributed by atoms with Crippen molar-refractivity contribution < 1.29 is 13.2 Å². The molecule has 116 valence electrons. The second-order valence-corrected chi connectivity index (χ2v) is 7.12. The highest BCUT2D eigenvalue weighted by atomic mass is 35.5. The lowest BCUT2D eigenvalue weighted by molar-refractivity contribution is -0.129. The van der Waals surface area contributed by atoms with Crippen molar-refractivity contribution in [3.8, 4) is 0 Å². The third kappa shape index (κ3) is 3.56. The third-order valence-corrected chi connectivity index (χ3v) is 5.82. The van der Waals surface area contributed by atoms with Crippen molar-refractivity contribution in [1.82, 2.24) is 9.21 Å². The lowest BCUT2D eigenvalue weighted by atomic mass is 10.2. The van der Waals surface area contributed by atoms with Crippen molar-refractivity contribution in [2.75, 3.05) is 32.1 Å². The second kappa shape index (κ2) is 6.77. The Morgan fingerprint density at radius 1 is 1.14 bits per heavy atom. The van der Waals surface area contributed by atoms with Crippen molar-refractivity contribution in [1.29, 1.82) is 0 Å². The van der Waals surface area contributed by atoms with Gasteiger partial charge in [-0.05, 0) is 24.1 Å². The van der Waals surface area contributed by atoms with Gasteiger partial charge in [0.05, 0.1) is 4.90 Å². The number of aryl methyl sites for hydroxylation is 1. The molecule has 1 amide bonds. The number of amides is 1. The highest BCUT2D eigenvalue weighted by Gasteiger charge is 2.29. The first kappa shape index (κ1) is 16.3. The fourth-order valence-corrected chi connectivity index (χ4v) is 3.90. The van der Waals surface area contributed by atoms with Crippen molar-refractivity contribution in [3.05, 3.63) is 29.8 Å². The summed E-state index contributed by atoms with van der Waals surface area (Å²) < 4.78 is 26.5. The van der Waals surface area contributed by atoms with Crippen LogP contribution in [0, 0.1) is 0 Å². The molecular formula is C14H19ClN2O3S. The summed E-state index contributed by atoms with van der Waals surface area (Å²) in [5.41, 5.74) is 1.10. The van der Waals surface area contributed by atoms with Crippen LogP contribution < -0.4 is 0 Å². The molecule has 1 aliphatic rings. The van der Waals surface area contributed by atoms with E-state index in [0.717, 1.165) is 12.0 Å². The number of piperazine rings is 1. The molecule has 2 rings (SSSR count). The average molecular weight is 331 g/mol. The smallest absolute Gasteiger partial charge is 0.243 e. The Hall–Kier alpha value is -1.11. The summed E-state index contributed by atoms with van der Waals surface area (Å²) in [6.07, 6.45) is 0.875. The van der Waals surface area contributed by atoms with Gasteiger partial charge in [0.2, 0.25) is 15.9 Å². The Bertz CT molecular complexity index is 593. The molecule has 1 aromatic rings. The van der Waals surface area contributed by atoms with Gasteiger partial charge in [0.15, 0.2) is 0 Å². The number of sulfonamides is 1. The molecule has 1 heterocycles. The van der Waals surface area contributed by atoms with E-state index in [1.54, 1.807) is 17.0 Å². The molecule has 7 heteroatoms. The van der Waals surface area contributed by atoms with Gasteiger partial charge < -0.3 is 4.90 Å². The van der Waals surface area contributed by atoms with Crippen LogP contribution in [0.2, 0.25) is 0 Å². The summed E-state index contributed by atoms with van der Waals surface area (Å²) in [5.74, 6) is -0.216. The van der Waals surface area contributed by atoms with Gasteiger partial charge in [-0.3, -0.25) is 4.79 Å². The first-order valence-corrected chi connectivity index (χ1v) is 8.89. The molecule has 0 radical (unpaired) electrons. The molecule has 0 bridgehead atoms. The molecule has 0 atom stereocenters. The molecular weight excluding hydrogens is 312 g/mol. The molecule has 1 fully saturated rings. The highest BCUT2D eigenvalue weighted by molar-refractivity contribution is 7.89. The van der Waals surface area contributed by atoms with Crippen LogP contribution in [-0.2, 0) is 21.2 Å². The maximum Gasteiger partial charge on any atom is 0.243 e. The van der Waals surface area contributed by atoms with E-state index in [1.807, 2.05) is 19.1 Å². The third-order valence-electron chi connectivity index (χ3n) is 3.68. The van der Waals surface area contributed by atoms with Gasteiger partial charge in [-0.1, -0.05) is 19.1 Å². The lowest BCUT2D eigenvalue weighted by Crippen LogP contribution is -2.50. The fourth-order valence-electron chi connectivity index (χ4n) is 2.31. The number of alkyl halides is 1.